The lowest BCUT2D eigenvalue weighted by Gasteiger charge is -2.15. The molecule has 0 saturated carbocycles. The van der Waals surface area contributed by atoms with Gasteiger partial charge in [-0.05, 0) is 30.3 Å². The third-order valence-electron chi connectivity index (χ3n) is 2.79. The van der Waals surface area contributed by atoms with Crippen LogP contribution in [0.4, 0.5) is 0 Å². The maximum Gasteiger partial charge on any atom is 0.133 e. The minimum Gasteiger partial charge on any atom is -0.457 e. The predicted molar refractivity (Wildman–Crippen MR) is 85.0 cm³/mol. The van der Waals surface area contributed by atoms with E-state index in [2.05, 4.69) is 19.2 Å². The largest absolute Gasteiger partial charge is 0.457 e. The normalized spacial score (nSPS) is 10.8. The molecule has 0 aliphatic rings. The first-order valence-corrected chi connectivity index (χ1v) is 7.26. The van der Waals surface area contributed by atoms with Crippen molar-refractivity contribution in [1.82, 2.24) is 5.32 Å². The standard InChI is InChI=1S/C16H17Cl2NO/c1-11(2)19-10-14-15(18)7-4-8-16(14)20-13-6-3-5-12(17)9-13/h3-9,11,19H,10H2,1-2H3. The highest BCUT2D eigenvalue weighted by molar-refractivity contribution is 6.31. The molecule has 1 N–H and O–H groups in total. The molecule has 2 rings (SSSR count). The smallest absolute Gasteiger partial charge is 0.133 e. The molecule has 0 saturated heterocycles. The second-order valence-corrected chi connectivity index (χ2v) is 5.66. The van der Waals surface area contributed by atoms with Crippen LogP contribution in [0.5, 0.6) is 11.5 Å². The molecule has 0 atom stereocenters. The Hall–Kier alpha value is -1.22. The quantitative estimate of drug-likeness (QED) is 0.811. The first-order valence-electron chi connectivity index (χ1n) is 6.50. The number of nitrogens with one attached hydrogen (secondary N) is 1. The van der Waals surface area contributed by atoms with Crippen LogP contribution in [0.25, 0.3) is 0 Å². The molecule has 0 aliphatic carbocycles. The van der Waals surface area contributed by atoms with Gasteiger partial charge in [0.1, 0.15) is 11.5 Å². The van der Waals surface area contributed by atoms with Gasteiger partial charge in [-0.3, -0.25) is 0 Å². The van der Waals surface area contributed by atoms with Gasteiger partial charge < -0.3 is 10.1 Å². The minimum atomic E-state index is 0.380. The van der Waals surface area contributed by atoms with Crippen molar-refractivity contribution in [3.05, 3.63) is 58.1 Å². The first kappa shape index (κ1) is 15.2. The van der Waals surface area contributed by atoms with Crippen molar-refractivity contribution in [3.63, 3.8) is 0 Å². The molecule has 2 aromatic carbocycles. The van der Waals surface area contributed by atoms with Gasteiger partial charge in [0.05, 0.1) is 0 Å². The van der Waals surface area contributed by atoms with E-state index in [1.165, 1.54) is 0 Å². The molecule has 0 bridgehead atoms. The van der Waals surface area contributed by atoms with Gasteiger partial charge in [0, 0.05) is 28.2 Å². The topological polar surface area (TPSA) is 21.3 Å². The molecule has 0 amide bonds. The maximum absolute atomic E-state index is 6.26. The van der Waals surface area contributed by atoms with Crippen molar-refractivity contribution < 1.29 is 4.74 Å². The Balaban J connectivity index is 2.24. The van der Waals surface area contributed by atoms with E-state index < -0.39 is 0 Å². The van der Waals surface area contributed by atoms with E-state index in [1.807, 2.05) is 36.4 Å². The van der Waals surface area contributed by atoms with Gasteiger partial charge in [0.2, 0.25) is 0 Å². The minimum absolute atomic E-state index is 0.380. The number of halogens is 2. The summed E-state index contributed by atoms with van der Waals surface area (Å²) in [7, 11) is 0. The van der Waals surface area contributed by atoms with E-state index in [0.29, 0.717) is 28.4 Å². The van der Waals surface area contributed by atoms with Crippen molar-refractivity contribution in [3.8, 4) is 11.5 Å². The predicted octanol–water partition coefficient (Wildman–Crippen LogP) is 5.28. The van der Waals surface area contributed by atoms with Crippen LogP contribution in [-0.4, -0.2) is 6.04 Å². The zero-order chi connectivity index (χ0) is 14.5. The molecule has 0 aromatic heterocycles. The van der Waals surface area contributed by atoms with Crippen LogP contribution in [0.2, 0.25) is 10.0 Å². The summed E-state index contributed by atoms with van der Waals surface area (Å²) in [4.78, 5) is 0. The maximum atomic E-state index is 6.26. The highest BCUT2D eigenvalue weighted by atomic mass is 35.5. The van der Waals surface area contributed by atoms with Crippen LogP contribution in [0, 0.1) is 0 Å². The highest BCUT2D eigenvalue weighted by Crippen LogP contribution is 2.31. The molecule has 0 aliphatic heterocycles. The van der Waals surface area contributed by atoms with Crippen molar-refractivity contribution in [2.45, 2.75) is 26.4 Å². The fourth-order valence-corrected chi connectivity index (χ4v) is 2.18. The van der Waals surface area contributed by atoms with E-state index in [1.54, 1.807) is 6.07 Å². The van der Waals surface area contributed by atoms with Gasteiger partial charge in [-0.15, -0.1) is 0 Å². The van der Waals surface area contributed by atoms with Gasteiger partial charge >= 0.3 is 0 Å². The molecule has 0 spiro atoms. The van der Waals surface area contributed by atoms with Gasteiger partial charge in [0.25, 0.3) is 0 Å². The Morgan fingerprint density at radius 3 is 2.55 bits per heavy atom. The molecule has 106 valence electrons. The Kier molecular flexibility index (Phi) is 5.30. The lowest BCUT2D eigenvalue weighted by molar-refractivity contribution is 0.469. The van der Waals surface area contributed by atoms with Crippen LogP contribution >= 0.6 is 23.2 Å². The van der Waals surface area contributed by atoms with Crippen LogP contribution in [0.3, 0.4) is 0 Å². The number of hydrogen-bond acceptors (Lipinski definition) is 2. The average molecular weight is 310 g/mol. The van der Waals surface area contributed by atoms with E-state index in [4.69, 9.17) is 27.9 Å². The first-order chi connectivity index (χ1) is 9.56. The number of rotatable bonds is 5. The van der Waals surface area contributed by atoms with Crippen LogP contribution in [0.15, 0.2) is 42.5 Å². The fourth-order valence-electron chi connectivity index (χ4n) is 1.77. The van der Waals surface area contributed by atoms with Crippen molar-refractivity contribution in [1.29, 1.82) is 0 Å². The van der Waals surface area contributed by atoms with Gasteiger partial charge in [-0.25, -0.2) is 0 Å². The Morgan fingerprint density at radius 2 is 1.85 bits per heavy atom. The summed E-state index contributed by atoms with van der Waals surface area (Å²) in [6, 6.07) is 13.3. The zero-order valence-corrected chi connectivity index (χ0v) is 13.0. The van der Waals surface area contributed by atoms with Crippen molar-refractivity contribution >= 4 is 23.2 Å². The lowest BCUT2D eigenvalue weighted by atomic mass is 10.2. The number of ether oxygens (including phenoxy) is 1. The van der Waals surface area contributed by atoms with E-state index in [9.17, 15) is 0 Å². The number of benzene rings is 2. The zero-order valence-electron chi connectivity index (χ0n) is 11.5. The Labute approximate surface area is 129 Å². The second-order valence-electron chi connectivity index (χ2n) is 4.81. The second kappa shape index (κ2) is 6.98. The molecule has 0 fully saturated rings. The molecular formula is C16H17Cl2NO. The third-order valence-corrected chi connectivity index (χ3v) is 3.38. The van der Waals surface area contributed by atoms with E-state index >= 15 is 0 Å². The summed E-state index contributed by atoms with van der Waals surface area (Å²) in [6.45, 7) is 4.84. The van der Waals surface area contributed by atoms with Crippen LogP contribution in [-0.2, 0) is 6.54 Å². The van der Waals surface area contributed by atoms with E-state index in [0.717, 1.165) is 11.3 Å². The summed E-state index contributed by atoms with van der Waals surface area (Å²) >= 11 is 12.2. The van der Waals surface area contributed by atoms with Gasteiger partial charge in [-0.1, -0.05) is 49.2 Å². The molecule has 4 heteroatoms. The summed E-state index contributed by atoms with van der Waals surface area (Å²) in [5, 5.41) is 4.69. The summed E-state index contributed by atoms with van der Waals surface area (Å²) in [5.74, 6) is 1.44. The highest BCUT2D eigenvalue weighted by Gasteiger charge is 2.10. The average Bonchev–Trinajstić information content (AvgIpc) is 2.38. The monoisotopic (exact) mass is 309 g/mol. The summed E-state index contributed by atoms with van der Waals surface area (Å²) in [5.41, 5.74) is 0.947. The third kappa shape index (κ3) is 4.14. The summed E-state index contributed by atoms with van der Waals surface area (Å²) < 4.78 is 5.89. The molecule has 0 heterocycles. The molecule has 2 nitrogen and oxygen atoms in total. The van der Waals surface area contributed by atoms with Gasteiger partial charge in [0.15, 0.2) is 0 Å². The molecule has 0 unspecified atom stereocenters. The van der Waals surface area contributed by atoms with E-state index in [-0.39, 0.29) is 0 Å². The van der Waals surface area contributed by atoms with Crippen molar-refractivity contribution in [2.75, 3.05) is 0 Å². The number of hydrogen-bond donors (Lipinski definition) is 1. The Bertz CT molecular complexity index is 584. The Morgan fingerprint density at radius 1 is 1.10 bits per heavy atom. The summed E-state index contributed by atoms with van der Waals surface area (Å²) in [6.07, 6.45) is 0. The van der Waals surface area contributed by atoms with Crippen LogP contribution in [0.1, 0.15) is 19.4 Å². The molecule has 0 radical (unpaired) electrons. The van der Waals surface area contributed by atoms with Crippen molar-refractivity contribution in [2.24, 2.45) is 0 Å². The molecule has 2 aromatic rings. The molecule has 20 heavy (non-hydrogen) atoms. The SMILES string of the molecule is CC(C)NCc1c(Cl)cccc1Oc1cccc(Cl)c1. The fraction of sp³-hybridized carbons (Fsp3) is 0.250. The van der Waals surface area contributed by atoms with Gasteiger partial charge in [-0.2, -0.15) is 0 Å². The lowest BCUT2D eigenvalue weighted by Crippen LogP contribution is -2.22. The molecular weight excluding hydrogens is 293 g/mol. The van der Waals surface area contributed by atoms with Crippen LogP contribution < -0.4 is 10.1 Å².